The molecule has 0 unspecified atom stereocenters. The van der Waals surface area contributed by atoms with E-state index < -0.39 is 21.1 Å². The van der Waals surface area contributed by atoms with Crippen LogP contribution >= 0.6 is 7.14 Å². The van der Waals surface area contributed by atoms with E-state index in [1.807, 2.05) is 74.5 Å². The Morgan fingerprint density at radius 1 is 0.961 bits per heavy atom. The van der Waals surface area contributed by atoms with Gasteiger partial charge in [0, 0.05) is 16.8 Å². The minimum absolute atomic E-state index is 0.0544. The van der Waals surface area contributed by atoms with Gasteiger partial charge in [-0.2, -0.15) is 0 Å². The van der Waals surface area contributed by atoms with E-state index in [0.717, 1.165) is 62.0 Å². The molecule has 0 saturated heterocycles. The summed E-state index contributed by atoms with van der Waals surface area (Å²) in [6, 6.07) is 19.9. The van der Waals surface area contributed by atoms with E-state index in [1.54, 1.807) is 5.57 Å². The summed E-state index contributed by atoms with van der Waals surface area (Å²) in [6.07, 6.45) is 15.7. The summed E-state index contributed by atoms with van der Waals surface area (Å²) < 4.78 is 21.1. The van der Waals surface area contributed by atoms with Crippen LogP contribution in [0.1, 0.15) is 113 Å². The van der Waals surface area contributed by atoms with Crippen LogP contribution in [0.15, 0.2) is 96.1 Å². The molecule has 282 valence electrons. The molecule has 2 N–H and O–H groups in total. The molecule has 0 heterocycles. The van der Waals surface area contributed by atoms with Gasteiger partial charge in [0.25, 0.3) is 0 Å². The van der Waals surface area contributed by atoms with Gasteiger partial charge in [0.15, 0.2) is 8.32 Å². The van der Waals surface area contributed by atoms with Crippen LogP contribution in [0.25, 0.3) is 0 Å². The molecule has 2 aromatic rings. The molecule has 6 heteroatoms. The van der Waals surface area contributed by atoms with Gasteiger partial charge in [-0.15, -0.1) is 0 Å². The Kier molecular flexibility index (Phi) is 13.9. The molecule has 5 rings (SSSR count). The van der Waals surface area contributed by atoms with Gasteiger partial charge in [0.1, 0.15) is 7.14 Å². The first-order valence-corrected chi connectivity index (χ1v) is 24.4. The molecule has 3 saturated carbocycles. The number of aliphatic hydroxyl groups excluding tert-OH is 1. The lowest BCUT2D eigenvalue weighted by Crippen LogP contribution is -2.45. The van der Waals surface area contributed by atoms with Crippen molar-refractivity contribution in [3.63, 3.8) is 0 Å². The van der Waals surface area contributed by atoms with Gasteiger partial charge in [-0.3, -0.25) is 0 Å². The summed E-state index contributed by atoms with van der Waals surface area (Å²) in [7, 11) is -4.64. The third kappa shape index (κ3) is 10.6. The summed E-state index contributed by atoms with van der Waals surface area (Å²) in [5, 5.41) is 21.9. The van der Waals surface area contributed by atoms with E-state index >= 15 is 0 Å². The topological polar surface area (TPSA) is 66.8 Å². The van der Waals surface area contributed by atoms with Crippen molar-refractivity contribution in [3.05, 3.63) is 96.1 Å². The van der Waals surface area contributed by atoms with Crippen LogP contribution in [0.2, 0.25) is 18.1 Å². The third-order valence-electron chi connectivity index (χ3n) is 12.6. The van der Waals surface area contributed by atoms with Crippen molar-refractivity contribution in [3.8, 4) is 0 Å². The van der Waals surface area contributed by atoms with Crippen LogP contribution < -0.4 is 10.6 Å². The van der Waals surface area contributed by atoms with Crippen molar-refractivity contribution < 1.29 is 19.2 Å². The van der Waals surface area contributed by atoms with Crippen molar-refractivity contribution in [2.45, 2.75) is 149 Å². The highest BCUT2D eigenvalue weighted by Gasteiger charge is 2.47. The van der Waals surface area contributed by atoms with Crippen LogP contribution in [0.4, 0.5) is 0 Å². The van der Waals surface area contributed by atoms with Crippen molar-refractivity contribution in [1.82, 2.24) is 0 Å². The number of benzene rings is 2. The lowest BCUT2D eigenvalue weighted by molar-refractivity contribution is 0.0148. The van der Waals surface area contributed by atoms with Gasteiger partial charge < -0.3 is 19.2 Å². The Bertz CT molecular complexity index is 1500. The summed E-state index contributed by atoms with van der Waals surface area (Å²) in [5.41, 5.74) is 3.85. The zero-order valence-electron chi connectivity index (χ0n) is 33.4. The van der Waals surface area contributed by atoms with Gasteiger partial charge in [-0.25, -0.2) is 0 Å². The van der Waals surface area contributed by atoms with Crippen LogP contribution in [-0.4, -0.2) is 42.5 Å². The second-order valence-electron chi connectivity index (χ2n) is 18.2. The summed E-state index contributed by atoms with van der Waals surface area (Å²) in [4.78, 5) is 0. The predicted octanol–water partition coefficient (Wildman–Crippen LogP) is 11.1. The van der Waals surface area contributed by atoms with Gasteiger partial charge in [-0.05, 0) is 119 Å². The van der Waals surface area contributed by atoms with E-state index in [1.165, 1.54) is 24.0 Å². The number of hydrogen-bond donors (Lipinski definition) is 2. The zero-order valence-corrected chi connectivity index (χ0v) is 35.3. The highest BCUT2D eigenvalue weighted by molar-refractivity contribution is 7.78. The first kappa shape index (κ1) is 41.7. The molecule has 0 aliphatic heterocycles. The molecule has 0 bridgehead atoms. The van der Waals surface area contributed by atoms with Crippen molar-refractivity contribution in [2.75, 3.05) is 6.16 Å². The molecule has 2 aromatic carbocycles. The maximum atomic E-state index is 14.4. The van der Waals surface area contributed by atoms with Crippen LogP contribution in [0.3, 0.4) is 0 Å². The standard InChI is InChI=1S/C28H39O2PSi.C17H30O2/c1-22-20-24(21-27(23(22)2)30-32(6,7)28(3,4)5)18-19-31(29,25-14-10-8-11-15-25)26-16-12-9-13-17-26;1-16(2,19)11-5-4-7-13-9-10-14-15(18)8-6-12-17(13,14)3/h8-18,22,27H,2,19-21H2,1,3-7H3;7,14-15,18-19H,4-6,8-12H2,1-3H3/b24-18-;13-7-/t22-,27-;14-,15-,17+/m10/s1. The Morgan fingerprint density at radius 3 is 2.10 bits per heavy atom. The quantitative estimate of drug-likeness (QED) is 0.110. The van der Waals surface area contributed by atoms with Crippen LogP contribution in [-0.2, 0) is 8.99 Å². The van der Waals surface area contributed by atoms with E-state index in [4.69, 9.17) is 4.43 Å². The predicted molar refractivity (Wildman–Crippen MR) is 221 cm³/mol. The number of unbranched alkanes of at least 4 members (excludes halogenated alkanes) is 1. The fourth-order valence-corrected chi connectivity index (χ4v) is 12.0. The molecule has 5 atom stereocenters. The summed E-state index contributed by atoms with van der Waals surface area (Å²) >= 11 is 0. The molecule has 4 nitrogen and oxygen atoms in total. The molecule has 0 spiro atoms. The smallest absolute Gasteiger partial charge is 0.192 e. The Balaban J connectivity index is 0.000000261. The highest BCUT2D eigenvalue weighted by Crippen LogP contribution is 2.55. The maximum Gasteiger partial charge on any atom is 0.192 e. The minimum Gasteiger partial charge on any atom is -0.410 e. The Morgan fingerprint density at radius 2 is 1.55 bits per heavy atom. The molecule has 3 fully saturated rings. The third-order valence-corrected chi connectivity index (χ3v) is 20.1. The highest BCUT2D eigenvalue weighted by atomic mass is 31.2. The average molecular weight is 733 g/mol. The maximum absolute atomic E-state index is 14.4. The number of allylic oxidation sites excluding steroid dienone is 3. The number of fused-ring (bicyclic) bond motifs is 1. The van der Waals surface area contributed by atoms with Crippen molar-refractivity contribution >= 4 is 26.1 Å². The second kappa shape index (κ2) is 17.0. The molecule has 51 heavy (non-hydrogen) atoms. The average Bonchev–Trinajstić information content (AvgIpc) is 3.41. The van der Waals surface area contributed by atoms with Gasteiger partial charge in [-0.1, -0.05) is 125 Å². The molecule has 0 amide bonds. The molecular formula is C45H69O4PSi. The Hall–Kier alpha value is -2.01. The zero-order chi connectivity index (χ0) is 37.7. The number of aliphatic hydroxyl groups is 2. The fourth-order valence-electron chi connectivity index (χ4n) is 8.21. The first-order chi connectivity index (χ1) is 23.8. The van der Waals surface area contributed by atoms with Crippen LogP contribution in [0.5, 0.6) is 0 Å². The minimum atomic E-state index is -2.74. The van der Waals surface area contributed by atoms with E-state index in [2.05, 4.69) is 66.4 Å². The molecule has 3 aliphatic rings. The largest absolute Gasteiger partial charge is 0.410 e. The van der Waals surface area contributed by atoms with Gasteiger partial charge >= 0.3 is 0 Å². The number of hydrogen-bond acceptors (Lipinski definition) is 4. The van der Waals surface area contributed by atoms with Gasteiger partial charge in [0.05, 0.1) is 17.8 Å². The normalized spacial score (nSPS) is 27.6. The second-order valence-corrected chi connectivity index (χ2v) is 25.8. The monoisotopic (exact) mass is 732 g/mol. The molecule has 0 aromatic heterocycles. The van der Waals surface area contributed by atoms with E-state index in [0.29, 0.717) is 18.0 Å². The fraction of sp³-hybridized carbons (Fsp3) is 0.600. The lowest BCUT2D eigenvalue weighted by atomic mass is 9.66. The summed E-state index contributed by atoms with van der Waals surface area (Å²) in [5.74, 6) is 0.861. The van der Waals surface area contributed by atoms with Crippen molar-refractivity contribution in [1.29, 1.82) is 0 Å². The molecule has 0 radical (unpaired) electrons. The Labute approximate surface area is 312 Å². The molecular weight excluding hydrogens is 664 g/mol. The number of rotatable bonds is 10. The van der Waals surface area contributed by atoms with Crippen molar-refractivity contribution in [2.24, 2.45) is 17.3 Å². The summed E-state index contributed by atoms with van der Waals surface area (Å²) in [6.45, 7) is 24.2. The van der Waals surface area contributed by atoms with E-state index in [-0.39, 0.29) is 22.7 Å². The van der Waals surface area contributed by atoms with Gasteiger partial charge in [0.2, 0.25) is 0 Å². The SMILES string of the molecule is C=C1[C@H](C)C/C(=C/CP(=O)(c2ccccc2)c2ccccc2)C[C@H]1O[Si](C)(C)C(C)(C)C.CC(C)(O)CCC/C=C1/CC[C@H]2[C@@H](O)CCC[C@]12C. The lowest BCUT2D eigenvalue weighted by Gasteiger charge is -2.42. The van der Waals surface area contributed by atoms with E-state index in [9.17, 15) is 14.8 Å². The van der Waals surface area contributed by atoms with Crippen LogP contribution in [0, 0.1) is 17.3 Å². The molecule has 3 aliphatic carbocycles. The first-order valence-electron chi connectivity index (χ1n) is 19.6.